The van der Waals surface area contributed by atoms with Gasteiger partial charge >= 0.3 is 0 Å². The van der Waals surface area contributed by atoms with Crippen LogP contribution < -0.4 is 0 Å². The van der Waals surface area contributed by atoms with Crippen LogP contribution in [0.4, 0.5) is 4.39 Å². The lowest BCUT2D eigenvalue weighted by Crippen LogP contribution is -2.33. The number of hydrogen-bond donors (Lipinski definition) is 0. The van der Waals surface area contributed by atoms with Crippen LogP contribution in [-0.2, 0) is 6.54 Å². The molecule has 0 radical (unpaired) electrons. The molecule has 90 valence electrons. The minimum Gasteiger partial charge on any atom is -0.298 e. The zero-order valence-corrected chi connectivity index (χ0v) is 10.1. The summed E-state index contributed by atoms with van der Waals surface area (Å²) in [6.45, 7) is 0.579. The number of hydrogen-bond acceptors (Lipinski definition) is 2. The SMILES string of the molecule is CN(Cc1ccccc1F)C1CCCC1C#N. The molecule has 0 N–H and O–H groups in total. The van der Waals surface area contributed by atoms with E-state index < -0.39 is 0 Å². The Labute approximate surface area is 102 Å². The summed E-state index contributed by atoms with van der Waals surface area (Å²) in [6, 6.07) is 9.48. The van der Waals surface area contributed by atoms with Crippen LogP contribution in [0.15, 0.2) is 24.3 Å². The van der Waals surface area contributed by atoms with Crippen molar-refractivity contribution in [3.05, 3.63) is 35.6 Å². The van der Waals surface area contributed by atoms with Crippen LogP contribution in [0.1, 0.15) is 24.8 Å². The molecule has 1 aliphatic carbocycles. The van der Waals surface area contributed by atoms with E-state index in [1.54, 1.807) is 6.07 Å². The van der Waals surface area contributed by atoms with Gasteiger partial charge in [-0.25, -0.2) is 4.39 Å². The predicted octanol–water partition coefficient (Wildman–Crippen LogP) is 2.95. The first-order valence-electron chi connectivity index (χ1n) is 6.05. The fraction of sp³-hybridized carbons (Fsp3) is 0.500. The summed E-state index contributed by atoms with van der Waals surface area (Å²) in [5, 5.41) is 9.06. The maximum atomic E-state index is 13.5. The van der Waals surface area contributed by atoms with Crippen molar-refractivity contribution in [3.8, 4) is 6.07 Å². The lowest BCUT2D eigenvalue weighted by molar-refractivity contribution is 0.210. The van der Waals surface area contributed by atoms with E-state index in [1.807, 2.05) is 19.2 Å². The highest BCUT2D eigenvalue weighted by Crippen LogP contribution is 2.29. The summed E-state index contributed by atoms with van der Waals surface area (Å²) >= 11 is 0. The molecule has 0 aliphatic heterocycles. The van der Waals surface area contributed by atoms with Gasteiger partial charge < -0.3 is 0 Å². The summed E-state index contributed by atoms with van der Waals surface area (Å²) < 4.78 is 13.5. The minimum absolute atomic E-state index is 0.103. The van der Waals surface area contributed by atoms with Crippen molar-refractivity contribution in [2.24, 2.45) is 5.92 Å². The number of benzene rings is 1. The highest BCUT2D eigenvalue weighted by Gasteiger charge is 2.30. The Bertz CT molecular complexity index is 424. The Balaban J connectivity index is 2.05. The van der Waals surface area contributed by atoms with Crippen LogP contribution in [-0.4, -0.2) is 18.0 Å². The van der Waals surface area contributed by atoms with Crippen LogP contribution in [0.3, 0.4) is 0 Å². The van der Waals surface area contributed by atoms with E-state index in [9.17, 15) is 4.39 Å². The van der Waals surface area contributed by atoms with Crippen LogP contribution >= 0.6 is 0 Å². The Morgan fingerprint density at radius 2 is 2.18 bits per heavy atom. The van der Waals surface area contributed by atoms with E-state index in [1.165, 1.54) is 6.07 Å². The molecule has 1 aromatic rings. The molecule has 0 heterocycles. The van der Waals surface area contributed by atoms with Crippen LogP contribution in [0.25, 0.3) is 0 Å². The second-order valence-electron chi connectivity index (χ2n) is 4.74. The molecule has 0 saturated heterocycles. The Morgan fingerprint density at radius 1 is 1.41 bits per heavy atom. The highest BCUT2D eigenvalue weighted by atomic mass is 19.1. The first kappa shape index (κ1) is 12.1. The molecule has 3 heteroatoms. The minimum atomic E-state index is -0.161. The Morgan fingerprint density at radius 3 is 2.88 bits per heavy atom. The molecule has 2 atom stereocenters. The van der Waals surface area contributed by atoms with Crippen molar-refractivity contribution < 1.29 is 4.39 Å². The summed E-state index contributed by atoms with van der Waals surface area (Å²) in [7, 11) is 1.98. The van der Waals surface area contributed by atoms with Crippen molar-refractivity contribution in [2.45, 2.75) is 31.8 Å². The van der Waals surface area contributed by atoms with Gasteiger partial charge in [-0.3, -0.25) is 4.90 Å². The molecule has 1 saturated carbocycles. The molecule has 0 spiro atoms. The fourth-order valence-corrected chi connectivity index (χ4v) is 2.63. The maximum absolute atomic E-state index is 13.5. The molecule has 17 heavy (non-hydrogen) atoms. The number of rotatable bonds is 3. The Kier molecular flexibility index (Phi) is 3.75. The third kappa shape index (κ3) is 2.65. The molecular formula is C14H17FN2. The number of nitrogens with zero attached hydrogens (tertiary/aromatic N) is 2. The smallest absolute Gasteiger partial charge is 0.127 e. The van der Waals surface area contributed by atoms with E-state index in [4.69, 9.17) is 5.26 Å². The second kappa shape index (κ2) is 5.29. The summed E-state index contributed by atoms with van der Waals surface area (Å²) in [6.07, 6.45) is 3.12. The molecule has 2 rings (SSSR count). The van der Waals surface area contributed by atoms with Gasteiger partial charge in [-0.05, 0) is 26.0 Å². The van der Waals surface area contributed by atoms with Crippen LogP contribution in [0.5, 0.6) is 0 Å². The topological polar surface area (TPSA) is 27.0 Å². The highest BCUT2D eigenvalue weighted by molar-refractivity contribution is 5.17. The monoisotopic (exact) mass is 232 g/mol. The third-order valence-corrected chi connectivity index (χ3v) is 3.59. The van der Waals surface area contributed by atoms with Crippen LogP contribution in [0.2, 0.25) is 0 Å². The van der Waals surface area contributed by atoms with E-state index in [2.05, 4.69) is 11.0 Å². The summed E-state index contributed by atoms with van der Waals surface area (Å²) in [4.78, 5) is 2.11. The molecular weight excluding hydrogens is 215 g/mol. The molecule has 2 unspecified atom stereocenters. The lowest BCUT2D eigenvalue weighted by Gasteiger charge is -2.26. The molecule has 1 fully saturated rings. The van der Waals surface area contributed by atoms with Gasteiger partial charge in [0.1, 0.15) is 5.82 Å². The van der Waals surface area contributed by atoms with E-state index in [-0.39, 0.29) is 17.8 Å². The molecule has 0 amide bonds. The van der Waals surface area contributed by atoms with Crippen molar-refractivity contribution >= 4 is 0 Å². The van der Waals surface area contributed by atoms with Gasteiger partial charge in [0, 0.05) is 18.2 Å². The van der Waals surface area contributed by atoms with Crippen molar-refractivity contribution in [2.75, 3.05) is 7.05 Å². The standard InChI is InChI=1S/C14H17FN2/c1-17(14-8-4-6-11(14)9-16)10-12-5-2-3-7-13(12)15/h2-3,5,7,11,14H,4,6,8,10H2,1H3. The van der Waals surface area contributed by atoms with E-state index >= 15 is 0 Å². The van der Waals surface area contributed by atoms with Gasteiger partial charge in [-0.2, -0.15) is 5.26 Å². The van der Waals surface area contributed by atoms with Crippen molar-refractivity contribution in [1.82, 2.24) is 4.90 Å². The van der Waals surface area contributed by atoms with Crippen LogP contribution in [0, 0.1) is 23.1 Å². The lowest BCUT2D eigenvalue weighted by atomic mass is 10.0. The normalized spacial score (nSPS) is 23.9. The maximum Gasteiger partial charge on any atom is 0.127 e. The molecule has 0 aromatic heterocycles. The largest absolute Gasteiger partial charge is 0.298 e. The predicted molar refractivity (Wildman–Crippen MR) is 64.6 cm³/mol. The van der Waals surface area contributed by atoms with Gasteiger partial charge in [0.15, 0.2) is 0 Å². The van der Waals surface area contributed by atoms with E-state index in [0.29, 0.717) is 12.1 Å². The van der Waals surface area contributed by atoms with Gasteiger partial charge in [-0.1, -0.05) is 24.6 Å². The Hall–Kier alpha value is -1.40. The third-order valence-electron chi connectivity index (χ3n) is 3.59. The first-order chi connectivity index (χ1) is 8.22. The second-order valence-corrected chi connectivity index (χ2v) is 4.74. The molecule has 2 nitrogen and oxygen atoms in total. The van der Waals surface area contributed by atoms with Gasteiger partial charge in [0.2, 0.25) is 0 Å². The van der Waals surface area contributed by atoms with E-state index in [0.717, 1.165) is 19.3 Å². The fourth-order valence-electron chi connectivity index (χ4n) is 2.63. The average molecular weight is 232 g/mol. The quantitative estimate of drug-likeness (QED) is 0.801. The summed E-state index contributed by atoms with van der Waals surface area (Å²) in [5.74, 6) is -0.0578. The van der Waals surface area contributed by atoms with Gasteiger partial charge in [-0.15, -0.1) is 0 Å². The van der Waals surface area contributed by atoms with Gasteiger partial charge in [0.05, 0.1) is 12.0 Å². The zero-order chi connectivity index (χ0) is 12.3. The van der Waals surface area contributed by atoms with Crippen molar-refractivity contribution in [3.63, 3.8) is 0 Å². The number of nitriles is 1. The molecule has 1 aromatic carbocycles. The zero-order valence-electron chi connectivity index (χ0n) is 10.1. The summed E-state index contributed by atoms with van der Waals surface area (Å²) in [5.41, 5.74) is 0.707. The van der Waals surface area contributed by atoms with Gasteiger partial charge in [0.25, 0.3) is 0 Å². The number of halogens is 1. The molecule has 1 aliphatic rings. The average Bonchev–Trinajstić information content (AvgIpc) is 2.80. The van der Waals surface area contributed by atoms with Crippen molar-refractivity contribution in [1.29, 1.82) is 5.26 Å². The molecule has 0 bridgehead atoms. The first-order valence-corrected chi connectivity index (χ1v) is 6.05.